The quantitative estimate of drug-likeness (QED) is 0.355. The van der Waals surface area contributed by atoms with E-state index in [1.807, 2.05) is 0 Å². The van der Waals surface area contributed by atoms with Gasteiger partial charge in [-0.15, -0.1) is 0 Å². The second kappa shape index (κ2) is 10.6. The Labute approximate surface area is 131 Å². The number of methoxy groups -OCH3 is 3. The smallest absolute Gasteiger partial charge is 0.385 e. The SMILES string of the molecule is COC(=O)CCC(=O)N[C@@H](CSC(=O)C(=O)OC)C(=O)OC. The average molecular weight is 335 g/mol. The van der Waals surface area contributed by atoms with Crippen LogP contribution in [-0.4, -0.2) is 62.1 Å². The van der Waals surface area contributed by atoms with Gasteiger partial charge in [0, 0.05) is 12.2 Å². The molecule has 0 aromatic heterocycles. The van der Waals surface area contributed by atoms with Crippen molar-refractivity contribution >= 4 is 40.7 Å². The number of thioether (sulfide) groups is 1. The van der Waals surface area contributed by atoms with Crippen LogP contribution in [0, 0.1) is 0 Å². The first kappa shape index (κ1) is 19.9. The van der Waals surface area contributed by atoms with Crippen LogP contribution in [0.15, 0.2) is 0 Å². The standard InChI is InChI=1S/C12H17NO8S/c1-19-9(15)5-4-8(14)13-7(10(16)20-2)6-22-12(18)11(17)21-3/h7H,4-6H2,1-3H3,(H,13,14)/t7-/m0/s1. The molecule has 1 amide bonds. The van der Waals surface area contributed by atoms with Crippen molar-refractivity contribution in [2.75, 3.05) is 27.1 Å². The maximum Gasteiger partial charge on any atom is 0.385 e. The molecular formula is C12H17NO8S. The van der Waals surface area contributed by atoms with Crippen LogP contribution in [0.1, 0.15) is 12.8 Å². The van der Waals surface area contributed by atoms with E-state index in [1.54, 1.807) is 0 Å². The minimum absolute atomic E-state index is 0.148. The normalized spacial score (nSPS) is 11.0. The fourth-order valence-corrected chi connectivity index (χ4v) is 1.93. The molecule has 0 saturated heterocycles. The van der Waals surface area contributed by atoms with E-state index in [4.69, 9.17) is 0 Å². The lowest BCUT2D eigenvalue weighted by atomic mass is 10.2. The van der Waals surface area contributed by atoms with Crippen LogP contribution in [0.2, 0.25) is 0 Å². The van der Waals surface area contributed by atoms with Crippen LogP contribution < -0.4 is 5.32 Å². The summed E-state index contributed by atoms with van der Waals surface area (Å²) in [6.07, 6.45) is -0.333. The molecule has 9 nitrogen and oxygen atoms in total. The van der Waals surface area contributed by atoms with E-state index in [0.717, 1.165) is 14.2 Å². The molecule has 0 fully saturated rings. The summed E-state index contributed by atoms with van der Waals surface area (Å²) in [6.45, 7) is 0. The zero-order valence-electron chi connectivity index (χ0n) is 12.4. The zero-order valence-corrected chi connectivity index (χ0v) is 13.2. The highest BCUT2D eigenvalue weighted by molar-refractivity contribution is 8.15. The van der Waals surface area contributed by atoms with Crippen LogP contribution in [0.3, 0.4) is 0 Å². The zero-order chi connectivity index (χ0) is 17.1. The molecule has 0 unspecified atom stereocenters. The molecular weight excluding hydrogens is 318 g/mol. The minimum atomic E-state index is -1.13. The molecule has 0 radical (unpaired) electrons. The molecule has 0 heterocycles. The van der Waals surface area contributed by atoms with Crippen molar-refractivity contribution in [3.63, 3.8) is 0 Å². The van der Waals surface area contributed by atoms with E-state index in [-0.39, 0.29) is 18.6 Å². The Morgan fingerprint density at radius 1 is 0.955 bits per heavy atom. The van der Waals surface area contributed by atoms with Crippen molar-refractivity contribution in [1.29, 1.82) is 0 Å². The van der Waals surface area contributed by atoms with Gasteiger partial charge in [0.2, 0.25) is 5.91 Å². The summed E-state index contributed by atoms with van der Waals surface area (Å²) in [5.74, 6) is -3.21. The molecule has 0 spiro atoms. The van der Waals surface area contributed by atoms with E-state index in [2.05, 4.69) is 19.5 Å². The molecule has 0 aromatic rings. The Morgan fingerprint density at radius 3 is 2.09 bits per heavy atom. The molecule has 1 N–H and O–H groups in total. The molecule has 10 heteroatoms. The molecule has 0 aliphatic rings. The van der Waals surface area contributed by atoms with Gasteiger partial charge in [-0.05, 0) is 0 Å². The van der Waals surface area contributed by atoms with Crippen molar-refractivity contribution in [2.45, 2.75) is 18.9 Å². The van der Waals surface area contributed by atoms with Crippen molar-refractivity contribution < 1.29 is 38.2 Å². The van der Waals surface area contributed by atoms with E-state index < -0.39 is 35.0 Å². The van der Waals surface area contributed by atoms with Gasteiger partial charge in [0.25, 0.3) is 5.12 Å². The summed E-state index contributed by atoms with van der Waals surface area (Å²) in [6, 6.07) is -1.13. The van der Waals surface area contributed by atoms with Gasteiger partial charge in [0.1, 0.15) is 6.04 Å². The lowest BCUT2D eigenvalue weighted by Gasteiger charge is -2.15. The maximum absolute atomic E-state index is 11.6. The van der Waals surface area contributed by atoms with E-state index >= 15 is 0 Å². The minimum Gasteiger partial charge on any atom is -0.469 e. The number of amides is 1. The second-order valence-corrected chi connectivity index (χ2v) is 4.80. The molecule has 0 aliphatic carbocycles. The van der Waals surface area contributed by atoms with Gasteiger partial charge in [-0.25, -0.2) is 9.59 Å². The maximum atomic E-state index is 11.6. The highest BCUT2D eigenvalue weighted by Gasteiger charge is 2.25. The Bertz CT molecular complexity index is 450. The largest absolute Gasteiger partial charge is 0.469 e. The molecule has 0 rings (SSSR count). The van der Waals surface area contributed by atoms with Crippen LogP contribution in [-0.2, 0) is 38.2 Å². The van der Waals surface area contributed by atoms with E-state index in [0.29, 0.717) is 11.8 Å². The molecule has 0 bridgehead atoms. The van der Waals surface area contributed by atoms with Gasteiger partial charge in [-0.3, -0.25) is 14.4 Å². The third-order valence-electron chi connectivity index (χ3n) is 2.34. The summed E-state index contributed by atoms with van der Waals surface area (Å²) in [7, 11) is 3.35. The fraction of sp³-hybridized carbons (Fsp3) is 0.583. The van der Waals surface area contributed by atoms with Crippen LogP contribution in [0.25, 0.3) is 0 Å². The first-order valence-electron chi connectivity index (χ1n) is 6.04. The van der Waals surface area contributed by atoms with Crippen molar-refractivity contribution in [3.05, 3.63) is 0 Å². The number of hydrogen-bond donors (Lipinski definition) is 1. The first-order valence-corrected chi connectivity index (χ1v) is 7.03. The van der Waals surface area contributed by atoms with Crippen LogP contribution in [0.4, 0.5) is 0 Å². The molecule has 0 aliphatic heterocycles. The van der Waals surface area contributed by atoms with Gasteiger partial charge in [0.05, 0.1) is 27.8 Å². The number of carbonyl (C=O) groups excluding carboxylic acids is 5. The van der Waals surface area contributed by atoms with Gasteiger partial charge < -0.3 is 19.5 Å². The summed E-state index contributed by atoms with van der Waals surface area (Å²) in [4.78, 5) is 56.3. The average Bonchev–Trinajstić information content (AvgIpc) is 2.54. The number of rotatable bonds is 7. The first-order chi connectivity index (χ1) is 10.3. The van der Waals surface area contributed by atoms with Gasteiger partial charge in [-0.1, -0.05) is 11.8 Å². The third kappa shape index (κ3) is 7.62. The number of carbonyl (C=O) groups is 5. The number of nitrogens with one attached hydrogen (secondary N) is 1. The number of hydrogen-bond acceptors (Lipinski definition) is 9. The summed E-state index contributed by atoms with van der Waals surface area (Å²) in [5, 5.41) is 1.41. The predicted molar refractivity (Wildman–Crippen MR) is 74.7 cm³/mol. The van der Waals surface area contributed by atoms with Crippen LogP contribution in [0.5, 0.6) is 0 Å². The summed E-state index contributed by atoms with van der Waals surface area (Å²) in [5.41, 5.74) is 0. The lowest BCUT2D eigenvalue weighted by Crippen LogP contribution is -2.43. The lowest BCUT2D eigenvalue weighted by molar-refractivity contribution is -0.147. The van der Waals surface area contributed by atoms with Gasteiger partial charge >= 0.3 is 17.9 Å². The highest BCUT2D eigenvalue weighted by Crippen LogP contribution is 2.07. The highest BCUT2D eigenvalue weighted by atomic mass is 32.2. The second-order valence-electron chi connectivity index (χ2n) is 3.81. The summed E-state index contributed by atoms with van der Waals surface area (Å²) >= 11 is 0.511. The Balaban J connectivity index is 4.49. The molecule has 124 valence electrons. The van der Waals surface area contributed by atoms with Crippen molar-refractivity contribution in [3.8, 4) is 0 Å². The summed E-state index contributed by atoms with van der Waals surface area (Å²) < 4.78 is 13.1. The van der Waals surface area contributed by atoms with E-state index in [1.165, 1.54) is 7.11 Å². The third-order valence-corrected chi connectivity index (χ3v) is 3.27. The van der Waals surface area contributed by atoms with Gasteiger partial charge in [-0.2, -0.15) is 0 Å². The Kier molecular flexibility index (Phi) is 9.59. The van der Waals surface area contributed by atoms with Gasteiger partial charge in [0.15, 0.2) is 0 Å². The topological polar surface area (TPSA) is 125 Å². The molecule has 22 heavy (non-hydrogen) atoms. The van der Waals surface area contributed by atoms with Crippen molar-refractivity contribution in [2.24, 2.45) is 0 Å². The monoisotopic (exact) mass is 335 g/mol. The molecule has 1 atom stereocenters. The fourth-order valence-electron chi connectivity index (χ4n) is 1.20. The Hall–Kier alpha value is -2.10. The predicted octanol–water partition coefficient (Wildman–Crippen LogP) is -0.970. The molecule has 0 saturated carbocycles. The van der Waals surface area contributed by atoms with Crippen molar-refractivity contribution in [1.82, 2.24) is 5.32 Å². The van der Waals surface area contributed by atoms with E-state index in [9.17, 15) is 24.0 Å². The Morgan fingerprint density at radius 2 is 1.59 bits per heavy atom. The number of ether oxygens (including phenoxy) is 3. The number of esters is 3. The van der Waals surface area contributed by atoms with Crippen LogP contribution >= 0.6 is 11.8 Å². The molecule has 0 aromatic carbocycles.